The van der Waals surface area contributed by atoms with Crippen molar-refractivity contribution >= 4 is 23.5 Å². The Bertz CT molecular complexity index is 1090. The minimum atomic E-state index is -1.87. The number of nitrogens with zero attached hydrogens (tertiary/aromatic N) is 1. The second-order valence-electron chi connectivity index (χ2n) is 7.26. The van der Waals surface area contributed by atoms with E-state index in [0.717, 1.165) is 0 Å². The summed E-state index contributed by atoms with van der Waals surface area (Å²) in [6.07, 6.45) is -1.05. The number of rotatable bonds is 5. The molecular weight excluding hydrogens is 468 g/mol. The van der Waals surface area contributed by atoms with E-state index in [1.165, 1.54) is 36.7 Å². The van der Waals surface area contributed by atoms with E-state index < -0.39 is 70.2 Å². The van der Waals surface area contributed by atoms with Gasteiger partial charge >= 0.3 is 0 Å². The molecule has 0 bridgehead atoms. The number of benzene rings is 1. The monoisotopic (exact) mass is 486 g/mol. The van der Waals surface area contributed by atoms with Crippen LogP contribution in [-0.4, -0.2) is 68.1 Å². The predicted molar refractivity (Wildman–Crippen MR) is 110 cm³/mol. The van der Waals surface area contributed by atoms with E-state index in [4.69, 9.17) is 4.74 Å². The maximum absolute atomic E-state index is 15.2. The van der Waals surface area contributed by atoms with Crippen molar-refractivity contribution in [1.29, 1.82) is 0 Å². The first kappa shape index (κ1) is 23.7. The number of allylic oxidation sites excluding steroid dienone is 2. The Labute approximate surface area is 188 Å². The van der Waals surface area contributed by atoms with Crippen LogP contribution in [0.1, 0.15) is 11.3 Å². The van der Waals surface area contributed by atoms with Gasteiger partial charge in [-0.2, -0.15) is 0 Å². The van der Waals surface area contributed by atoms with Gasteiger partial charge in [-0.25, -0.2) is 17.6 Å². The van der Waals surface area contributed by atoms with Crippen LogP contribution >= 0.6 is 11.8 Å². The number of halogens is 4. The number of thioether (sulfide) groups is 1. The van der Waals surface area contributed by atoms with Crippen molar-refractivity contribution in [3.8, 4) is 0 Å². The molecule has 1 aromatic carbocycles. The number of nitrogens with one attached hydrogen (secondary N) is 1. The predicted octanol–water partition coefficient (Wildman–Crippen LogP) is 1.86. The summed E-state index contributed by atoms with van der Waals surface area (Å²) in [6.45, 7) is -0.782. The van der Waals surface area contributed by atoms with Gasteiger partial charge in [-0.15, -0.1) is 0 Å². The van der Waals surface area contributed by atoms with Crippen LogP contribution in [-0.2, 0) is 4.74 Å². The van der Waals surface area contributed by atoms with Crippen LogP contribution in [0.25, 0.3) is 5.57 Å². The molecule has 2 aromatic rings. The Balaban J connectivity index is 1.79. The molecule has 5 atom stereocenters. The topological polar surface area (TPSA) is 118 Å². The third-order valence-electron chi connectivity index (χ3n) is 5.23. The van der Waals surface area contributed by atoms with Crippen LogP contribution in [0.5, 0.6) is 0 Å². The number of hydrogen-bond donors (Lipinski definition) is 5. The molecule has 0 saturated carbocycles. The minimum Gasteiger partial charge on any atom is -0.394 e. The molecule has 12 heteroatoms. The van der Waals surface area contributed by atoms with Crippen LogP contribution in [0.4, 0.5) is 17.6 Å². The highest BCUT2D eigenvalue weighted by atomic mass is 32.2. The Morgan fingerprint density at radius 1 is 1.03 bits per heavy atom. The van der Waals surface area contributed by atoms with Gasteiger partial charge in [0.15, 0.2) is 23.3 Å². The molecule has 0 spiro atoms. The Kier molecular flexibility index (Phi) is 6.75. The van der Waals surface area contributed by atoms with Crippen molar-refractivity contribution in [2.45, 2.75) is 34.7 Å². The van der Waals surface area contributed by atoms with Gasteiger partial charge in [0.2, 0.25) is 0 Å². The highest BCUT2D eigenvalue weighted by Gasteiger charge is 2.45. The number of aromatic nitrogens is 1. The molecule has 1 aromatic heterocycles. The third kappa shape index (κ3) is 4.14. The molecule has 0 radical (unpaired) electrons. The Hall–Kier alpha value is -2.48. The van der Waals surface area contributed by atoms with E-state index >= 15 is 17.6 Å². The Morgan fingerprint density at radius 2 is 1.73 bits per heavy atom. The number of H-pyrrole nitrogens is 1. The number of ether oxygens (including phenoxy) is 1. The first-order valence-electron chi connectivity index (χ1n) is 9.68. The van der Waals surface area contributed by atoms with Gasteiger partial charge in [0.05, 0.1) is 22.8 Å². The van der Waals surface area contributed by atoms with E-state index in [2.05, 4.69) is 9.98 Å². The summed E-state index contributed by atoms with van der Waals surface area (Å²) in [5, 5.41) is 39.1. The normalized spacial score (nSPS) is 28.5. The van der Waals surface area contributed by atoms with E-state index in [1.54, 1.807) is 0 Å². The molecule has 2 aliphatic heterocycles. The van der Waals surface area contributed by atoms with Crippen molar-refractivity contribution < 1.29 is 42.7 Å². The molecule has 1 fully saturated rings. The second kappa shape index (κ2) is 9.41. The van der Waals surface area contributed by atoms with Crippen molar-refractivity contribution in [2.75, 3.05) is 6.61 Å². The number of aromatic amines is 1. The summed E-state index contributed by atoms with van der Waals surface area (Å²) >= 11 is 0.0774. The zero-order valence-electron chi connectivity index (χ0n) is 16.6. The summed E-state index contributed by atoms with van der Waals surface area (Å²) in [7, 11) is 0. The zero-order valence-corrected chi connectivity index (χ0v) is 17.4. The van der Waals surface area contributed by atoms with E-state index in [1.807, 2.05) is 0 Å². The second-order valence-corrected chi connectivity index (χ2v) is 8.37. The maximum Gasteiger partial charge on any atom is 0.176 e. The Morgan fingerprint density at radius 3 is 2.27 bits per heavy atom. The van der Waals surface area contributed by atoms with E-state index in [0.29, 0.717) is 0 Å². The summed E-state index contributed by atoms with van der Waals surface area (Å²) < 4.78 is 65.6. The van der Waals surface area contributed by atoms with Gasteiger partial charge in [0.1, 0.15) is 29.9 Å². The molecule has 176 valence electrons. The van der Waals surface area contributed by atoms with Crippen LogP contribution in [0.2, 0.25) is 0 Å². The average molecular weight is 486 g/mol. The number of hydrogen-bond acceptors (Lipinski definition) is 7. The van der Waals surface area contributed by atoms with Gasteiger partial charge in [0.25, 0.3) is 0 Å². The van der Waals surface area contributed by atoms with Gasteiger partial charge < -0.3 is 30.1 Å². The fourth-order valence-electron chi connectivity index (χ4n) is 3.55. The fraction of sp³-hybridized carbons (Fsp3) is 0.286. The van der Waals surface area contributed by atoms with Gasteiger partial charge in [-0.1, -0.05) is 11.8 Å². The van der Waals surface area contributed by atoms with E-state index in [-0.39, 0.29) is 28.7 Å². The molecule has 5 N–H and O–H groups in total. The number of aliphatic imine (C=N–C) groups is 1. The first-order valence-corrected chi connectivity index (χ1v) is 10.6. The number of aliphatic hydroxyl groups excluding tert-OH is 4. The van der Waals surface area contributed by atoms with Crippen LogP contribution < -0.4 is 0 Å². The highest BCUT2D eigenvalue weighted by Crippen LogP contribution is 2.41. The van der Waals surface area contributed by atoms with Crippen LogP contribution in [0.15, 0.2) is 46.1 Å². The minimum absolute atomic E-state index is 0.0726. The van der Waals surface area contributed by atoms with Crippen molar-refractivity contribution in [3.63, 3.8) is 0 Å². The lowest BCUT2D eigenvalue weighted by Crippen LogP contribution is -2.57. The standard InChI is InChI=1S/C21H18F4N2O5S/c22-13-12(11(8-3-1-5-26-8)9-4-2-6-27-9)14(23)16(25)20(15(13)24)33-21-19(31)18(30)17(29)10(7-28)32-21/h1-6,10,17-19,21,26,28-31H,7H2/b11-9+. The van der Waals surface area contributed by atoms with Crippen LogP contribution in [0.3, 0.4) is 0 Å². The molecule has 7 nitrogen and oxygen atoms in total. The first-order chi connectivity index (χ1) is 15.8. The highest BCUT2D eigenvalue weighted by molar-refractivity contribution is 7.99. The molecule has 1 saturated heterocycles. The van der Waals surface area contributed by atoms with Crippen molar-refractivity contribution in [2.24, 2.45) is 4.99 Å². The molecule has 3 heterocycles. The lowest BCUT2D eigenvalue weighted by molar-refractivity contribution is -0.205. The zero-order chi connectivity index (χ0) is 23.9. The lowest BCUT2D eigenvalue weighted by atomic mass is 9.98. The number of aliphatic hydroxyl groups is 4. The molecule has 5 unspecified atom stereocenters. The summed E-state index contributed by atoms with van der Waals surface area (Å²) in [5.74, 6) is -6.90. The summed E-state index contributed by atoms with van der Waals surface area (Å²) in [6, 6.07) is 2.99. The quantitative estimate of drug-likeness (QED) is 0.325. The molecule has 2 aliphatic rings. The van der Waals surface area contributed by atoms with Gasteiger partial charge in [0, 0.05) is 23.7 Å². The summed E-state index contributed by atoms with van der Waals surface area (Å²) in [4.78, 5) is 5.58. The van der Waals surface area contributed by atoms with Crippen LogP contribution in [0, 0.1) is 23.3 Å². The third-order valence-corrected chi connectivity index (χ3v) is 6.45. The molecule has 0 aliphatic carbocycles. The smallest absolute Gasteiger partial charge is 0.176 e. The van der Waals surface area contributed by atoms with Gasteiger partial charge in [-0.3, -0.25) is 4.99 Å². The fourth-order valence-corrected chi connectivity index (χ4v) is 4.67. The molecule has 33 heavy (non-hydrogen) atoms. The average Bonchev–Trinajstić information content (AvgIpc) is 3.53. The molecule has 4 rings (SSSR count). The molecule has 0 amide bonds. The maximum atomic E-state index is 15.2. The molecular formula is C21H18F4N2O5S. The van der Waals surface area contributed by atoms with Crippen molar-refractivity contribution in [1.82, 2.24) is 4.98 Å². The van der Waals surface area contributed by atoms with E-state index in [9.17, 15) is 20.4 Å². The summed E-state index contributed by atoms with van der Waals surface area (Å²) in [5.41, 5.74) is -2.59. The van der Waals surface area contributed by atoms with Crippen molar-refractivity contribution in [3.05, 3.63) is 70.7 Å². The lowest BCUT2D eigenvalue weighted by Gasteiger charge is -2.39. The SMILES string of the molecule is OCC1OC(Sc2c(F)c(F)c(/C(=C3\C=CC=N3)c3ccc[nH]3)c(F)c2F)C(O)C(O)C1O. The largest absolute Gasteiger partial charge is 0.394 e. The van der Waals surface area contributed by atoms with Gasteiger partial charge in [-0.05, 0) is 24.3 Å².